The number of hydrogen-bond donors (Lipinski definition) is 0. The number of fused-ring (bicyclic) bond motifs is 3. The van der Waals surface area contributed by atoms with Crippen LogP contribution in [0.25, 0.3) is 141 Å². The molecule has 0 N–H and O–H groups in total. The molecule has 0 saturated heterocycles. The Morgan fingerprint density at radius 2 is 0.613 bits per heavy atom. The molecule has 0 spiro atoms. The SMILES string of the molecule is c1ccc2c(-c3cc(-c4cc(-c5ccc6ccc7cccc8ccc5c6c78)c5ccccc5c4)c4ccccc4c3-c3ccc4ccc5cccc6ccc3c4c56)cccc2c1. The topological polar surface area (TPSA) is 0 Å². The van der Waals surface area contributed by atoms with E-state index in [0.717, 1.165) is 0 Å². The standard InChI is InChI=1S/C62H36/c1-3-17-46-37(10-1)12-9-21-48(46)57-36-55(49-19-5-6-20-51(49)62(57)54-33-29-43-25-23-39-14-8-16-41-28-32-53(54)61(43)59(39)41)45-34-44-11-2-4-18-47(44)56(35-45)50-30-26-42-24-22-38-13-7-15-40-27-31-52(50)60(42)58(38)40/h1-36H. The fourth-order valence-corrected chi connectivity index (χ4v) is 11.2. The summed E-state index contributed by atoms with van der Waals surface area (Å²) in [5, 5.41) is 23.1. The van der Waals surface area contributed by atoms with Gasteiger partial charge < -0.3 is 0 Å². The minimum Gasteiger partial charge on any atom is -0.0616 e. The van der Waals surface area contributed by atoms with Crippen LogP contribution in [0.4, 0.5) is 0 Å². The molecule has 14 aromatic rings. The van der Waals surface area contributed by atoms with Crippen LogP contribution in [0, 0.1) is 0 Å². The molecule has 0 heterocycles. The van der Waals surface area contributed by atoms with Crippen molar-refractivity contribution in [2.45, 2.75) is 0 Å². The third kappa shape index (κ3) is 4.72. The smallest absolute Gasteiger partial charge is 0.00199 e. The third-order valence-electron chi connectivity index (χ3n) is 13.9. The van der Waals surface area contributed by atoms with Crippen LogP contribution < -0.4 is 0 Å². The van der Waals surface area contributed by atoms with Crippen molar-refractivity contribution < 1.29 is 0 Å². The molecular weight excluding hydrogens is 745 g/mol. The highest BCUT2D eigenvalue weighted by Crippen LogP contribution is 2.50. The molecule has 0 fully saturated rings. The lowest BCUT2D eigenvalue weighted by atomic mass is 9.81. The lowest BCUT2D eigenvalue weighted by molar-refractivity contribution is 1.63. The average molecular weight is 781 g/mol. The molecule has 0 unspecified atom stereocenters. The quantitative estimate of drug-likeness (QED) is 0.156. The zero-order chi connectivity index (χ0) is 40.5. The number of rotatable bonds is 4. The average Bonchev–Trinajstić information content (AvgIpc) is 3.34. The molecule has 0 amide bonds. The fourth-order valence-electron chi connectivity index (χ4n) is 11.2. The normalized spacial score (nSPS) is 12.2. The van der Waals surface area contributed by atoms with Gasteiger partial charge in [0.25, 0.3) is 0 Å². The lowest BCUT2D eigenvalue weighted by Gasteiger charge is -2.22. The molecular formula is C62H36. The fraction of sp³-hybridized carbons (Fsp3) is 0. The van der Waals surface area contributed by atoms with Crippen LogP contribution in [0.3, 0.4) is 0 Å². The van der Waals surface area contributed by atoms with Crippen molar-refractivity contribution >= 4 is 97.0 Å². The minimum absolute atomic E-state index is 1.21. The van der Waals surface area contributed by atoms with E-state index < -0.39 is 0 Å². The summed E-state index contributed by atoms with van der Waals surface area (Å²) in [4.78, 5) is 0. The Balaban J connectivity index is 1.10. The Hall–Kier alpha value is -8.06. The van der Waals surface area contributed by atoms with Gasteiger partial charge in [-0.25, -0.2) is 0 Å². The van der Waals surface area contributed by atoms with Gasteiger partial charge in [0.2, 0.25) is 0 Å². The molecule has 0 aliphatic carbocycles. The van der Waals surface area contributed by atoms with Gasteiger partial charge in [-0.2, -0.15) is 0 Å². The van der Waals surface area contributed by atoms with Crippen molar-refractivity contribution in [2.75, 3.05) is 0 Å². The van der Waals surface area contributed by atoms with E-state index in [9.17, 15) is 0 Å². The molecule has 62 heavy (non-hydrogen) atoms. The highest BCUT2D eigenvalue weighted by Gasteiger charge is 2.22. The van der Waals surface area contributed by atoms with Crippen LogP contribution in [0.5, 0.6) is 0 Å². The Kier molecular flexibility index (Phi) is 6.92. The van der Waals surface area contributed by atoms with E-state index in [0.29, 0.717) is 0 Å². The largest absolute Gasteiger partial charge is 0.0616 e. The number of hydrogen-bond acceptors (Lipinski definition) is 0. The zero-order valence-corrected chi connectivity index (χ0v) is 33.8. The summed E-state index contributed by atoms with van der Waals surface area (Å²) in [6, 6.07) is 82.3. The van der Waals surface area contributed by atoms with E-state index in [4.69, 9.17) is 0 Å². The molecule has 284 valence electrons. The molecule has 0 heteroatoms. The van der Waals surface area contributed by atoms with Gasteiger partial charge in [-0.1, -0.05) is 200 Å². The molecule has 0 saturated carbocycles. The van der Waals surface area contributed by atoms with Crippen molar-refractivity contribution in [1.29, 1.82) is 0 Å². The second-order valence-electron chi connectivity index (χ2n) is 17.1. The van der Waals surface area contributed by atoms with E-state index >= 15 is 0 Å². The zero-order valence-electron chi connectivity index (χ0n) is 33.8. The molecule has 0 radical (unpaired) electrons. The molecule has 0 aliphatic rings. The van der Waals surface area contributed by atoms with E-state index in [1.807, 2.05) is 0 Å². The predicted molar refractivity (Wildman–Crippen MR) is 268 cm³/mol. The van der Waals surface area contributed by atoms with E-state index in [2.05, 4.69) is 218 Å². The van der Waals surface area contributed by atoms with Crippen LogP contribution >= 0.6 is 0 Å². The third-order valence-corrected chi connectivity index (χ3v) is 13.9. The summed E-state index contributed by atoms with van der Waals surface area (Å²) in [7, 11) is 0. The summed E-state index contributed by atoms with van der Waals surface area (Å²) >= 11 is 0. The second-order valence-corrected chi connectivity index (χ2v) is 17.1. The Bertz CT molecular complexity index is 4110. The molecule has 0 nitrogen and oxygen atoms in total. The van der Waals surface area contributed by atoms with E-state index in [-0.39, 0.29) is 0 Å². The van der Waals surface area contributed by atoms with Crippen LogP contribution in [0.2, 0.25) is 0 Å². The van der Waals surface area contributed by atoms with Gasteiger partial charge in [0, 0.05) is 0 Å². The first-order chi connectivity index (χ1) is 30.7. The summed E-state index contributed by atoms with van der Waals surface area (Å²) in [6.45, 7) is 0. The van der Waals surface area contributed by atoms with Crippen LogP contribution in [-0.4, -0.2) is 0 Å². The van der Waals surface area contributed by atoms with Crippen molar-refractivity contribution in [3.63, 3.8) is 0 Å². The highest BCUT2D eigenvalue weighted by molar-refractivity contribution is 6.29. The Morgan fingerprint density at radius 1 is 0.177 bits per heavy atom. The maximum absolute atomic E-state index is 2.51. The van der Waals surface area contributed by atoms with Crippen molar-refractivity contribution in [3.8, 4) is 44.5 Å². The molecule has 0 bridgehead atoms. The van der Waals surface area contributed by atoms with Crippen LogP contribution in [0.15, 0.2) is 218 Å². The Labute approximate surface area is 358 Å². The minimum atomic E-state index is 1.21. The first-order valence-electron chi connectivity index (χ1n) is 21.7. The van der Waals surface area contributed by atoms with Crippen LogP contribution in [-0.2, 0) is 0 Å². The summed E-state index contributed by atoms with van der Waals surface area (Å²) in [6.07, 6.45) is 0. The lowest BCUT2D eigenvalue weighted by Crippen LogP contribution is -1.95. The van der Waals surface area contributed by atoms with Gasteiger partial charge >= 0.3 is 0 Å². The molecule has 0 aliphatic heterocycles. The van der Waals surface area contributed by atoms with E-state index in [1.165, 1.54) is 141 Å². The van der Waals surface area contributed by atoms with Gasteiger partial charge in [0.05, 0.1) is 0 Å². The predicted octanol–water partition coefficient (Wildman–Crippen LogP) is 17.6. The van der Waals surface area contributed by atoms with Crippen molar-refractivity contribution in [1.82, 2.24) is 0 Å². The maximum Gasteiger partial charge on any atom is -0.00199 e. The summed E-state index contributed by atoms with van der Waals surface area (Å²) in [5.41, 5.74) is 9.96. The molecule has 0 atom stereocenters. The van der Waals surface area contributed by atoms with Gasteiger partial charge in [-0.15, -0.1) is 0 Å². The van der Waals surface area contributed by atoms with Gasteiger partial charge in [0.1, 0.15) is 0 Å². The Morgan fingerprint density at radius 3 is 1.27 bits per heavy atom. The second kappa shape index (κ2) is 12.7. The van der Waals surface area contributed by atoms with Crippen molar-refractivity contribution in [3.05, 3.63) is 218 Å². The number of benzene rings is 14. The van der Waals surface area contributed by atoms with E-state index in [1.54, 1.807) is 0 Å². The van der Waals surface area contributed by atoms with Gasteiger partial charge in [-0.3, -0.25) is 0 Å². The first kappa shape index (κ1) is 33.7. The molecule has 14 rings (SSSR count). The summed E-state index contributed by atoms with van der Waals surface area (Å²) in [5.74, 6) is 0. The first-order valence-corrected chi connectivity index (χ1v) is 21.7. The maximum atomic E-state index is 2.51. The van der Waals surface area contributed by atoms with Crippen LogP contribution in [0.1, 0.15) is 0 Å². The molecule has 0 aromatic heterocycles. The monoisotopic (exact) mass is 780 g/mol. The van der Waals surface area contributed by atoms with Gasteiger partial charge in [0.15, 0.2) is 0 Å². The summed E-state index contributed by atoms with van der Waals surface area (Å²) < 4.78 is 0. The van der Waals surface area contributed by atoms with Crippen molar-refractivity contribution in [2.24, 2.45) is 0 Å². The highest BCUT2D eigenvalue weighted by atomic mass is 14.3. The molecule has 14 aromatic carbocycles. The van der Waals surface area contributed by atoms with Gasteiger partial charge in [-0.05, 0) is 160 Å².